The summed E-state index contributed by atoms with van der Waals surface area (Å²) < 4.78 is 5.83. The number of phenols is 1. The average molecular weight is 349 g/mol. The van der Waals surface area contributed by atoms with E-state index >= 15 is 0 Å². The van der Waals surface area contributed by atoms with Gasteiger partial charge in [0.2, 0.25) is 0 Å². The maximum absolute atomic E-state index is 10.8. The Kier molecular flexibility index (Phi) is 4.65. The molecule has 2 rings (SSSR count). The van der Waals surface area contributed by atoms with Gasteiger partial charge >= 0.3 is 5.97 Å². The zero-order valence-electron chi connectivity index (χ0n) is 11.2. The number of carbonyl (C=O) groups is 1. The molecule has 0 spiro atoms. The van der Waals surface area contributed by atoms with Crippen molar-refractivity contribution in [2.45, 2.75) is 0 Å². The van der Waals surface area contributed by atoms with Crippen LogP contribution in [0.25, 0.3) is 12.2 Å². The minimum atomic E-state index is -0.956. The lowest BCUT2D eigenvalue weighted by Crippen LogP contribution is -1.94. The molecule has 0 saturated carbocycles. The van der Waals surface area contributed by atoms with E-state index in [9.17, 15) is 9.90 Å². The van der Waals surface area contributed by atoms with Gasteiger partial charge in [-0.15, -0.1) is 0 Å². The smallest absolute Gasteiger partial charge is 0.335 e. The molecule has 0 aliphatic rings. The van der Waals surface area contributed by atoms with Crippen LogP contribution >= 0.6 is 15.9 Å². The Labute approximate surface area is 130 Å². The van der Waals surface area contributed by atoms with Crippen molar-refractivity contribution in [3.05, 3.63) is 57.6 Å². The molecule has 0 bridgehead atoms. The largest absolute Gasteiger partial charge is 0.507 e. The summed E-state index contributed by atoms with van der Waals surface area (Å²) in [6, 6.07) is 9.75. The van der Waals surface area contributed by atoms with Crippen LogP contribution in [0, 0.1) is 0 Å². The summed E-state index contributed by atoms with van der Waals surface area (Å²) in [5, 5.41) is 18.7. The predicted octanol–water partition coefficient (Wildman–Crippen LogP) is 4.03. The van der Waals surface area contributed by atoms with E-state index in [1.807, 2.05) is 0 Å². The number of hydrogen-bond acceptors (Lipinski definition) is 3. The molecule has 0 fully saturated rings. The first-order chi connectivity index (χ1) is 10.0. The molecule has 0 amide bonds. The zero-order valence-corrected chi connectivity index (χ0v) is 12.8. The molecule has 0 aromatic heterocycles. The van der Waals surface area contributed by atoms with Crippen molar-refractivity contribution in [1.82, 2.24) is 0 Å². The highest BCUT2D eigenvalue weighted by molar-refractivity contribution is 9.10. The number of ether oxygens (including phenoxy) is 1. The van der Waals surface area contributed by atoms with Crippen LogP contribution in [-0.4, -0.2) is 23.3 Å². The first-order valence-electron chi connectivity index (χ1n) is 6.09. The first kappa shape index (κ1) is 15.1. The van der Waals surface area contributed by atoms with E-state index in [2.05, 4.69) is 15.9 Å². The molecule has 0 unspecified atom stereocenters. The van der Waals surface area contributed by atoms with Crippen LogP contribution in [0.5, 0.6) is 11.5 Å². The molecule has 0 atom stereocenters. The Morgan fingerprint density at radius 1 is 1.19 bits per heavy atom. The van der Waals surface area contributed by atoms with Gasteiger partial charge in [-0.05, 0) is 39.7 Å². The standard InChI is InChI=1S/C16H13BrO4/c1-21-15-9-14(18)12(8-13(15)17)7-4-10-2-5-11(6-3-10)16(19)20/h2-9,18H,1H3,(H,19,20)/b7-4+. The van der Waals surface area contributed by atoms with E-state index in [0.29, 0.717) is 11.3 Å². The summed E-state index contributed by atoms with van der Waals surface area (Å²) in [7, 11) is 1.53. The Balaban J connectivity index is 2.25. The van der Waals surface area contributed by atoms with Gasteiger partial charge in [0, 0.05) is 11.6 Å². The van der Waals surface area contributed by atoms with Gasteiger partial charge in [-0.2, -0.15) is 0 Å². The van der Waals surface area contributed by atoms with Crippen LogP contribution in [0.1, 0.15) is 21.5 Å². The lowest BCUT2D eigenvalue weighted by Gasteiger charge is -2.06. The van der Waals surface area contributed by atoms with Gasteiger partial charge in [-0.1, -0.05) is 24.3 Å². The maximum Gasteiger partial charge on any atom is 0.335 e. The highest BCUT2D eigenvalue weighted by atomic mass is 79.9. The fraction of sp³-hybridized carbons (Fsp3) is 0.0625. The normalized spacial score (nSPS) is 10.8. The molecule has 21 heavy (non-hydrogen) atoms. The van der Waals surface area contributed by atoms with Crippen molar-refractivity contribution < 1.29 is 19.7 Å². The Morgan fingerprint density at radius 3 is 2.43 bits per heavy atom. The SMILES string of the molecule is COc1cc(O)c(/C=C/c2ccc(C(=O)O)cc2)cc1Br. The van der Waals surface area contributed by atoms with Crippen molar-refractivity contribution in [3.63, 3.8) is 0 Å². The van der Waals surface area contributed by atoms with Gasteiger partial charge in [0.1, 0.15) is 11.5 Å². The predicted molar refractivity (Wildman–Crippen MR) is 84.7 cm³/mol. The lowest BCUT2D eigenvalue weighted by atomic mass is 10.1. The number of rotatable bonds is 4. The first-order valence-corrected chi connectivity index (χ1v) is 6.88. The lowest BCUT2D eigenvalue weighted by molar-refractivity contribution is 0.0697. The summed E-state index contributed by atoms with van der Waals surface area (Å²) in [6.07, 6.45) is 3.54. The maximum atomic E-state index is 10.8. The third-order valence-electron chi connectivity index (χ3n) is 2.91. The molecular formula is C16H13BrO4. The van der Waals surface area contributed by atoms with Crippen molar-refractivity contribution in [2.24, 2.45) is 0 Å². The van der Waals surface area contributed by atoms with Gasteiger partial charge in [0.05, 0.1) is 17.1 Å². The minimum Gasteiger partial charge on any atom is -0.507 e. The van der Waals surface area contributed by atoms with E-state index in [4.69, 9.17) is 9.84 Å². The number of carboxylic acid groups (broad SMARTS) is 1. The van der Waals surface area contributed by atoms with Crippen molar-refractivity contribution in [1.29, 1.82) is 0 Å². The fourth-order valence-corrected chi connectivity index (χ4v) is 2.29. The number of phenolic OH excluding ortho intramolecular Hbond substituents is 1. The molecule has 5 heteroatoms. The number of hydrogen-bond donors (Lipinski definition) is 2. The third-order valence-corrected chi connectivity index (χ3v) is 3.53. The second-order valence-electron chi connectivity index (χ2n) is 4.31. The highest BCUT2D eigenvalue weighted by Gasteiger charge is 2.06. The minimum absolute atomic E-state index is 0.105. The quantitative estimate of drug-likeness (QED) is 0.818. The Bertz CT molecular complexity index is 690. The van der Waals surface area contributed by atoms with Gasteiger partial charge < -0.3 is 14.9 Å². The monoisotopic (exact) mass is 348 g/mol. The van der Waals surface area contributed by atoms with Crippen molar-refractivity contribution in [2.75, 3.05) is 7.11 Å². The summed E-state index contributed by atoms with van der Waals surface area (Å²) in [5.74, 6) is -0.300. The average Bonchev–Trinajstić information content (AvgIpc) is 2.48. The molecule has 108 valence electrons. The second kappa shape index (κ2) is 6.45. The Hall–Kier alpha value is -2.27. The number of carboxylic acids is 1. The summed E-state index contributed by atoms with van der Waals surface area (Å²) in [5.41, 5.74) is 1.71. The summed E-state index contributed by atoms with van der Waals surface area (Å²) in [4.78, 5) is 10.8. The summed E-state index contributed by atoms with van der Waals surface area (Å²) >= 11 is 3.36. The number of aromatic carboxylic acids is 1. The number of halogens is 1. The van der Waals surface area contributed by atoms with Gasteiger partial charge in [0.25, 0.3) is 0 Å². The van der Waals surface area contributed by atoms with E-state index < -0.39 is 5.97 Å². The van der Waals surface area contributed by atoms with Crippen LogP contribution in [0.3, 0.4) is 0 Å². The molecule has 4 nitrogen and oxygen atoms in total. The zero-order chi connectivity index (χ0) is 15.4. The summed E-state index contributed by atoms with van der Waals surface area (Å²) in [6.45, 7) is 0. The molecular weight excluding hydrogens is 336 g/mol. The number of benzene rings is 2. The molecule has 0 aliphatic carbocycles. The number of methoxy groups -OCH3 is 1. The molecule has 0 aliphatic heterocycles. The topological polar surface area (TPSA) is 66.8 Å². The second-order valence-corrected chi connectivity index (χ2v) is 5.16. The van der Waals surface area contributed by atoms with E-state index in [1.165, 1.54) is 25.3 Å². The molecule has 0 heterocycles. The van der Waals surface area contributed by atoms with Crippen LogP contribution in [-0.2, 0) is 0 Å². The molecule has 2 aromatic rings. The highest BCUT2D eigenvalue weighted by Crippen LogP contribution is 2.33. The van der Waals surface area contributed by atoms with E-state index in [0.717, 1.165) is 10.0 Å². The number of aromatic hydroxyl groups is 1. The van der Waals surface area contributed by atoms with Crippen LogP contribution < -0.4 is 4.74 Å². The van der Waals surface area contributed by atoms with Crippen LogP contribution in [0.2, 0.25) is 0 Å². The van der Waals surface area contributed by atoms with E-state index in [1.54, 1.807) is 30.4 Å². The third kappa shape index (κ3) is 3.64. The molecule has 2 aromatic carbocycles. The van der Waals surface area contributed by atoms with Crippen LogP contribution in [0.15, 0.2) is 40.9 Å². The molecule has 0 saturated heterocycles. The van der Waals surface area contributed by atoms with Crippen LogP contribution in [0.4, 0.5) is 0 Å². The fourth-order valence-electron chi connectivity index (χ4n) is 1.77. The van der Waals surface area contributed by atoms with Crippen molar-refractivity contribution in [3.8, 4) is 11.5 Å². The molecule has 0 radical (unpaired) electrons. The van der Waals surface area contributed by atoms with Gasteiger partial charge in [0.15, 0.2) is 0 Å². The van der Waals surface area contributed by atoms with E-state index in [-0.39, 0.29) is 11.3 Å². The molecule has 2 N–H and O–H groups in total. The van der Waals surface area contributed by atoms with Gasteiger partial charge in [-0.3, -0.25) is 0 Å². The van der Waals surface area contributed by atoms with Gasteiger partial charge in [-0.25, -0.2) is 4.79 Å². The Morgan fingerprint density at radius 2 is 1.86 bits per heavy atom. The van der Waals surface area contributed by atoms with Crippen molar-refractivity contribution >= 4 is 34.1 Å².